The molecule has 0 spiro atoms. The van der Waals surface area contributed by atoms with Crippen LogP contribution in [0.15, 0.2) is 47.5 Å². The van der Waals surface area contributed by atoms with E-state index in [-0.39, 0.29) is 5.82 Å². The Morgan fingerprint density at radius 3 is 2.77 bits per heavy atom. The van der Waals surface area contributed by atoms with E-state index in [0.717, 1.165) is 16.8 Å². The van der Waals surface area contributed by atoms with Gasteiger partial charge in [-0.1, -0.05) is 30.3 Å². The maximum absolute atomic E-state index is 13.2. The van der Waals surface area contributed by atoms with E-state index in [1.165, 1.54) is 6.07 Å². The smallest absolute Gasteiger partial charge is 0.193 e. The predicted molar refractivity (Wildman–Crippen MR) is 87.2 cm³/mol. The Morgan fingerprint density at radius 1 is 1.27 bits per heavy atom. The number of hydrogen-bond donors (Lipinski definition) is 2. The van der Waals surface area contributed by atoms with Gasteiger partial charge in [0.05, 0.1) is 13.2 Å². The third-order valence-electron chi connectivity index (χ3n) is 3.23. The highest BCUT2D eigenvalue weighted by Crippen LogP contribution is 2.15. The van der Waals surface area contributed by atoms with E-state index in [1.54, 1.807) is 26.2 Å². The SMILES string of the molecule is COCc1ccccc1NC(N)=NCc1ccc(F)c(C)c1. The van der Waals surface area contributed by atoms with Gasteiger partial charge in [0.2, 0.25) is 0 Å². The molecule has 0 aliphatic heterocycles. The number of methoxy groups -OCH3 is 1. The molecule has 0 aromatic heterocycles. The van der Waals surface area contributed by atoms with Crippen LogP contribution in [0.4, 0.5) is 10.1 Å². The van der Waals surface area contributed by atoms with Crippen molar-refractivity contribution >= 4 is 11.6 Å². The number of hydrogen-bond acceptors (Lipinski definition) is 2. The second kappa shape index (κ2) is 7.56. The van der Waals surface area contributed by atoms with Crippen molar-refractivity contribution in [2.75, 3.05) is 12.4 Å². The summed E-state index contributed by atoms with van der Waals surface area (Å²) >= 11 is 0. The highest BCUT2D eigenvalue weighted by Gasteiger charge is 2.03. The third-order valence-corrected chi connectivity index (χ3v) is 3.23. The number of nitrogens with zero attached hydrogens (tertiary/aromatic N) is 1. The summed E-state index contributed by atoms with van der Waals surface area (Å²) in [6.45, 7) is 2.62. The second-order valence-corrected chi connectivity index (χ2v) is 5.00. The molecular formula is C17H20FN3O. The Labute approximate surface area is 129 Å². The van der Waals surface area contributed by atoms with Crippen molar-refractivity contribution in [2.24, 2.45) is 10.7 Å². The first kappa shape index (κ1) is 16.0. The minimum Gasteiger partial charge on any atom is -0.380 e. The van der Waals surface area contributed by atoms with Gasteiger partial charge in [0.25, 0.3) is 0 Å². The quantitative estimate of drug-likeness (QED) is 0.658. The van der Waals surface area contributed by atoms with E-state index in [9.17, 15) is 4.39 Å². The van der Waals surface area contributed by atoms with Crippen LogP contribution in [0.2, 0.25) is 0 Å². The topological polar surface area (TPSA) is 59.6 Å². The van der Waals surface area contributed by atoms with Crippen molar-refractivity contribution in [3.63, 3.8) is 0 Å². The van der Waals surface area contributed by atoms with Crippen LogP contribution in [-0.2, 0) is 17.9 Å². The molecule has 0 unspecified atom stereocenters. The van der Waals surface area contributed by atoms with Gasteiger partial charge < -0.3 is 15.8 Å². The van der Waals surface area contributed by atoms with E-state index in [2.05, 4.69) is 10.3 Å². The van der Waals surface area contributed by atoms with E-state index in [1.807, 2.05) is 24.3 Å². The molecule has 4 nitrogen and oxygen atoms in total. The zero-order valence-electron chi connectivity index (χ0n) is 12.8. The van der Waals surface area contributed by atoms with Crippen LogP contribution in [0.1, 0.15) is 16.7 Å². The molecule has 0 aliphatic carbocycles. The Bertz CT molecular complexity index is 671. The first-order chi connectivity index (χ1) is 10.6. The van der Waals surface area contributed by atoms with Gasteiger partial charge in [0, 0.05) is 18.4 Å². The van der Waals surface area contributed by atoms with Gasteiger partial charge in [-0.15, -0.1) is 0 Å². The zero-order chi connectivity index (χ0) is 15.9. The summed E-state index contributed by atoms with van der Waals surface area (Å²) in [4.78, 5) is 4.28. The molecule has 5 heteroatoms. The molecule has 0 saturated heterocycles. The highest BCUT2D eigenvalue weighted by molar-refractivity contribution is 5.92. The Hall–Kier alpha value is -2.40. The molecule has 0 bridgehead atoms. The van der Waals surface area contributed by atoms with E-state index in [4.69, 9.17) is 10.5 Å². The molecule has 0 saturated carbocycles. The van der Waals surface area contributed by atoms with Gasteiger partial charge in [-0.3, -0.25) is 0 Å². The van der Waals surface area contributed by atoms with Gasteiger partial charge in [-0.2, -0.15) is 0 Å². The molecule has 2 aromatic rings. The Kier molecular flexibility index (Phi) is 5.49. The predicted octanol–water partition coefficient (Wildman–Crippen LogP) is 3.21. The molecule has 0 fully saturated rings. The minimum absolute atomic E-state index is 0.215. The van der Waals surface area contributed by atoms with Crippen LogP contribution < -0.4 is 11.1 Å². The fraction of sp³-hybridized carbons (Fsp3) is 0.235. The average molecular weight is 301 g/mol. The lowest BCUT2D eigenvalue weighted by atomic mass is 10.1. The van der Waals surface area contributed by atoms with Crippen LogP contribution in [0.5, 0.6) is 0 Å². The summed E-state index contributed by atoms with van der Waals surface area (Å²) in [5, 5.41) is 3.07. The molecule has 0 amide bonds. The maximum Gasteiger partial charge on any atom is 0.193 e. The van der Waals surface area contributed by atoms with Gasteiger partial charge >= 0.3 is 0 Å². The number of anilines is 1. The summed E-state index contributed by atoms with van der Waals surface area (Å²) in [6.07, 6.45) is 0. The van der Waals surface area contributed by atoms with Crippen molar-refractivity contribution in [3.8, 4) is 0 Å². The van der Waals surface area contributed by atoms with Gasteiger partial charge in [-0.25, -0.2) is 9.38 Å². The number of nitrogens with two attached hydrogens (primary N) is 1. The Balaban J connectivity index is 2.05. The standard InChI is InChI=1S/C17H20FN3O/c1-12-9-13(7-8-15(12)18)10-20-17(19)21-16-6-4-3-5-14(16)11-22-2/h3-9H,10-11H2,1-2H3,(H3,19,20,21). The summed E-state index contributed by atoms with van der Waals surface area (Å²) in [7, 11) is 1.64. The van der Waals surface area contributed by atoms with Crippen molar-refractivity contribution in [1.82, 2.24) is 0 Å². The monoisotopic (exact) mass is 301 g/mol. The number of guanidine groups is 1. The molecular weight excluding hydrogens is 281 g/mol. The number of para-hydroxylation sites is 1. The Morgan fingerprint density at radius 2 is 2.05 bits per heavy atom. The maximum atomic E-state index is 13.2. The summed E-state index contributed by atoms with van der Waals surface area (Å²) in [5.41, 5.74) is 9.29. The van der Waals surface area contributed by atoms with Crippen LogP contribution >= 0.6 is 0 Å². The number of aliphatic imine (C=N–C) groups is 1. The molecule has 2 aromatic carbocycles. The van der Waals surface area contributed by atoms with E-state index < -0.39 is 0 Å². The summed E-state index contributed by atoms with van der Waals surface area (Å²) < 4.78 is 18.4. The minimum atomic E-state index is -0.215. The molecule has 2 rings (SSSR count). The van der Waals surface area contributed by atoms with Crippen LogP contribution in [0.25, 0.3) is 0 Å². The molecule has 0 heterocycles. The fourth-order valence-corrected chi connectivity index (χ4v) is 2.08. The lowest BCUT2D eigenvalue weighted by Crippen LogP contribution is -2.23. The zero-order valence-corrected chi connectivity index (χ0v) is 12.8. The molecule has 0 radical (unpaired) electrons. The molecule has 22 heavy (non-hydrogen) atoms. The lowest BCUT2D eigenvalue weighted by Gasteiger charge is -2.11. The van der Waals surface area contributed by atoms with Gasteiger partial charge in [0.1, 0.15) is 5.82 Å². The molecule has 3 N–H and O–H groups in total. The fourth-order valence-electron chi connectivity index (χ4n) is 2.08. The first-order valence-electron chi connectivity index (χ1n) is 6.99. The molecule has 0 atom stereocenters. The van der Waals surface area contributed by atoms with E-state index in [0.29, 0.717) is 24.7 Å². The van der Waals surface area contributed by atoms with Crippen LogP contribution in [-0.4, -0.2) is 13.1 Å². The highest BCUT2D eigenvalue weighted by atomic mass is 19.1. The average Bonchev–Trinajstić information content (AvgIpc) is 2.51. The summed E-state index contributed by atoms with van der Waals surface area (Å²) in [5.74, 6) is 0.0952. The van der Waals surface area contributed by atoms with Gasteiger partial charge in [-0.05, 0) is 30.2 Å². The van der Waals surface area contributed by atoms with Crippen molar-refractivity contribution in [1.29, 1.82) is 0 Å². The number of aryl methyl sites for hydroxylation is 1. The number of ether oxygens (including phenoxy) is 1. The number of halogens is 1. The number of rotatable bonds is 5. The van der Waals surface area contributed by atoms with Crippen molar-refractivity contribution in [3.05, 3.63) is 65.0 Å². The van der Waals surface area contributed by atoms with Gasteiger partial charge in [0.15, 0.2) is 5.96 Å². The number of benzene rings is 2. The normalized spacial score (nSPS) is 11.5. The lowest BCUT2D eigenvalue weighted by molar-refractivity contribution is 0.185. The van der Waals surface area contributed by atoms with Crippen LogP contribution in [0, 0.1) is 12.7 Å². The molecule has 116 valence electrons. The van der Waals surface area contributed by atoms with Crippen molar-refractivity contribution < 1.29 is 9.13 Å². The van der Waals surface area contributed by atoms with Crippen LogP contribution in [0.3, 0.4) is 0 Å². The largest absolute Gasteiger partial charge is 0.380 e. The second-order valence-electron chi connectivity index (χ2n) is 5.00. The van der Waals surface area contributed by atoms with Crippen molar-refractivity contribution in [2.45, 2.75) is 20.1 Å². The summed E-state index contributed by atoms with van der Waals surface area (Å²) in [6, 6.07) is 12.6. The number of nitrogens with one attached hydrogen (secondary N) is 1. The van der Waals surface area contributed by atoms with E-state index >= 15 is 0 Å². The third kappa shape index (κ3) is 4.30. The molecule has 0 aliphatic rings. The first-order valence-corrected chi connectivity index (χ1v) is 6.99.